The van der Waals surface area contributed by atoms with E-state index < -0.39 is 55.3 Å². The van der Waals surface area contributed by atoms with Gasteiger partial charge in [0.15, 0.2) is 0 Å². The average molecular weight is 644 g/mol. The number of nitriles is 1. The molecule has 5 rings (SSSR count). The third-order valence-corrected chi connectivity index (χ3v) is 7.97. The molecule has 202 valence electrons. The van der Waals surface area contributed by atoms with Crippen LogP contribution in [0.15, 0.2) is 48.5 Å². The molecule has 3 aliphatic rings. The number of pyridine rings is 2. The van der Waals surface area contributed by atoms with Crippen LogP contribution in [0.2, 0.25) is 0 Å². The number of nitrogens with one attached hydrogen (secondary N) is 2. The first-order valence-electron chi connectivity index (χ1n) is 12.1. The first kappa shape index (κ1) is 26.6. The second kappa shape index (κ2) is 10.3. The van der Waals surface area contributed by atoms with Crippen molar-refractivity contribution in [3.8, 4) is 17.6 Å². The predicted octanol–water partition coefficient (Wildman–Crippen LogP) is -0.253. The summed E-state index contributed by atoms with van der Waals surface area (Å²) in [6, 6.07) is 2.03. The number of ether oxygens (including phenoxy) is 1. The summed E-state index contributed by atoms with van der Waals surface area (Å²) in [5, 5.41) is 25.6. The number of carbonyl (C=O) groups is 2. The number of carbonyl (C=O) groups excluding carboxylic acids is 2. The van der Waals surface area contributed by atoms with Crippen molar-refractivity contribution in [1.82, 2.24) is 20.2 Å². The molecule has 10 nitrogen and oxygen atoms in total. The van der Waals surface area contributed by atoms with Crippen molar-refractivity contribution in [3.63, 3.8) is 0 Å². The summed E-state index contributed by atoms with van der Waals surface area (Å²) in [7, 11) is 0. The van der Waals surface area contributed by atoms with E-state index in [4.69, 9.17) is 4.74 Å². The number of aromatic hydroxyl groups is 1. The van der Waals surface area contributed by atoms with Crippen LogP contribution in [-0.4, -0.2) is 39.1 Å². The summed E-state index contributed by atoms with van der Waals surface area (Å²) in [5.41, 5.74) is -0.894. The maximum absolute atomic E-state index is 13.8. The molecular formula is C27H24FIN5O5-. The summed E-state index contributed by atoms with van der Waals surface area (Å²) in [6.07, 6.45) is 9.23. The van der Waals surface area contributed by atoms with Crippen LogP contribution in [0.4, 0.5) is 4.39 Å². The van der Waals surface area contributed by atoms with Gasteiger partial charge in [-0.15, -0.1) is 0 Å². The summed E-state index contributed by atoms with van der Waals surface area (Å²) in [6.45, 7) is 3.34. The third kappa shape index (κ3) is 5.44. The van der Waals surface area contributed by atoms with Crippen molar-refractivity contribution >= 4 is 29.0 Å². The fourth-order valence-electron chi connectivity index (χ4n) is 3.97. The molecule has 2 amide bonds. The van der Waals surface area contributed by atoms with Crippen LogP contribution >= 0.6 is 0 Å². The third-order valence-electron chi connectivity index (χ3n) is 6.29. The molecule has 0 bridgehead atoms. The van der Waals surface area contributed by atoms with E-state index in [1.54, 1.807) is 30.1 Å². The van der Waals surface area contributed by atoms with Gasteiger partial charge in [-0.05, 0) is 26.7 Å². The van der Waals surface area contributed by atoms with Gasteiger partial charge in [-0.3, -0.25) is 0 Å². The topological polar surface area (TPSA) is 146 Å². The normalized spacial score (nSPS) is 16.5. The van der Waals surface area contributed by atoms with E-state index in [-0.39, 0.29) is 45.4 Å². The Kier molecular flexibility index (Phi) is 7.02. The van der Waals surface area contributed by atoms with Gasteiger partial charge in [-0.1, -0.05) is 0 Å². The average Bonchev–Trinajstić information content (AvgIpc) is 3.74. The van der Waals surface area contributed by atoms with Gasteiger partial charge < -0.3 is 0 Å². The van der Waals surface area contributed by atoms with Gasteiger partial charge in [0, 0.05) is 6.04 Å². The number of rotatable bonds is 7. The summed E-state index contributed by atoms with van der Waals surface area (Å²) >= 11 is -0.854. The van der Waals surface area contributed by atoms with Gasteiger partial charge in [-0.2, -0.15) is 5.26 Å². The van der Waals surface area contributed by atoms with Crippen LogP contribution in [0, 0.1) is 16.7 Å². The van der Waals surface area contributed by atoms with E-state index in [2.05, 4.69) is 21.7 Å². The molecule has 0 radical (unpaired) electrons. The van der Waals surface area contributed by atoms with Crippen LogP contribution < -0.4 is 42.1 Å². The van der Waals surface area contributed by atoms with Crippen LogP contribution in [0.1, 0.15) is 42.6 Å². The first-order valence-corrected chi connectivity index (χ1v) is 14.5. The Hall–Kier alpha value is -3.99. The number of amides is 2. The molecule has 3 N–H and O–H groups in total. The molecule has 0 saturated heterocycles. The molecule has 12 heteroatoms. The number of hydrogen-bond donors (Lipinski definition) is 3. The van der Waals surface area contributed by atoms with Gasteiger partial charge in [-0.25, -0.2) is 0 Å². The second-order valence-electron chi connectivity index (χ2n) is 10.0. The molecule has 2 aromatic heterocycles. The Bertz CT molecular complexity index is 1640. The Balaban J connectivity index is 1.64. The molecule has 2 aromatic rings. The molecule has 0 atom stereocenters. The monoisotopic (exact) mass is 644 g/mol. The molecule has 1 fully saturated rings. The van der Waals surface area contributed by atoms with Gasteiger partial charge >= 0.3 is 189 Å². The van der Waals surface area contributed by atoms with E-state index >= 15 is 0 Å². The van der Waals surface area contributed by atoms with E-state index in [9.17, 15) is 29.1 Å². The number of nitrogens with zero attached hydrogens (tertiary/aromatic N) is 3. The molecule has 1 saturated carbocycles. The predicted molar refractivity (Wildman–Crippen MR) is 136 cm³/mol. The zero-order chi connectivity index (χ0) is 27.9. The molecule has 0 unspecified atom stereocenters. The second-order valence-corrected chi connectivity index (χ2v) is 12.4. The molecule has 39 heavy (non-hydrogen) atoms. The van der Waals surface area contributed by atoms with Crippen LogP contribution in [0.5, 0.6) is 11.5 Å². The zero-order valence-corrected chi connectivity index (χ0v) is 23.2. The van der Waals surface area contributed by atoms with Crippen molar-refractivity contribution in [2.75, 3.05) is 6.54 Å². The molecule has 0 aromatic carbocycles. The Labute approximate surface area is 232 Å². The standard InChI is InChI=1S/C27H24FIN5O5/c1-27(2,12-30)13-32-24(36)17-11-34-21-20(22(35)19(26(34)38)25(37)33-16-4-5-16)31-10-15(23(21)39-17)9-14-3-6-18(28)29-8-7-14/h3,6-8,10-11,16,35H,4-5,9,13H2,1-2H3,(H,32,36)(H,33,37)/q-1. The minimum absolute atomic E-state index is 0.0205. The fourth-order valence-corrected chi connectivity index (χ4v) is 5.34. The summed E-state index contributed by atoms with van der Waals surface area (Å²) in [5.74, 6) is -2.13. The van der Waals surface area contributed by atoms with Gasteiger partial charge in [0.2, 0.25) is 0 Å². The van der Waals surface area contributed by atoms with E-state index in [0.29, 0.717) is 5.56 Å². The van der Waals surface area contributed by atoms with Crippen molar-refractivity contribution in [2.45, 2.75) is 39.2 Å². The SMILES string of the molecule is CC(C)(C#N)CNC(=O)C1=Cn2c(=O)c(C(=O)NC3CC3)c(O)c3ncc(CC4=CC=C(F)[I-]C=C4)c(c32)O1. The number of hydrogen-bond acceptors (Lipinski definition) is 7. The van der Waals surface area contributed by atoms with Gasteiger partial charge in [0.05, 0.1) is 6.07 Å². The van der Waals surface area contributed by atoms with Crippen molar-refractivity contribution in [1.29, 1.82) is 5.26 Å². The zero-order valence-electron chi connectivity index (χ0n) is 21.0. The Morgan fingerprint density at radius 3 is 2.82 bits per heavy atom. The molecule has 4 heterocycles. The first-order chi connectivity index (χ1) is 18.6. The molecular weight excluding hydrogens is 620 g/mol. The fraction of sp³-hybridized carbons (Fsp3) is 0.296. The van der Waals surface area contributed by atoms with E-state index in [1.807, 2.05) is 0 Å². The van der Waals surface area contributed by atoms with Crippen LogP contribution in [0.25, 0.3) is 17.2 Å². The number of allylic oxidation sites excluding steroid dienone is 4. The molecule has 1 aliphatic carbocycles. The number of aromatic nitrogens is 2. The van der Waals surface area contributed by atoms with Crippen molar-refractivity contribution in [3.05, 3.63) is 65.2 Å². The molecule has 0 spiro atoms. The van der Waals surface area contributed by atoms with Crippen LogP contribution in [0.3, 0.4) is 0 Å². The van der Waals surface area contributed by atoms with Crippen molar-refractivity contribution < 1.29 is 45.0 Å². The minimum atomic E-state index is -0.854. The van der Waals surface area contributed by atoms with E-state index in [1.165, 1.54) is 12.3 Å². The van der Waals surface area contributed by atoms with Gasteiger partial charge in [0.25, 0.3) is 0 Å². The maximum atomic E-state index is 13.8. The Morgan fingerprint density at radius 1 is 1.33 bits per heavy atom. The summed E-state index contributed by atoms with van der Waals surface area (Å²) in [4.78, 5) is 43.9. The quantitative estimate of drug-likeness (QED) is 0.353. The summed E-state index contributed by atoms with van der Waals surface area (Å²) < 4.78 is 22.4. The molecule has 2 aliphatic heterocycles. The number of halogens is 2. The van der Waals surface area contributed by atoms with E-state index in [0.717, 1.165) is 29.2 Å². The van der Waals surface area contributed by atoms with Gasteiger partial charge in [0.1, 0.15) is 0 Å². The van der Waals surface area contributed by atoms with Crippen LogP contribution in [-0.2, 0) is 11.2 Å². The Morgan fingerprint density at radius 2 is 2.10 bits per heavy atom. The van der Waals surface area contributed by atoms with Crippen molar-refractivity contribution in [2.24, 2.45) is 5.41 Å².